The number of rotatable bonds is 4. The minimum absolute atomic E-state index is 0.0559. The summed E-state index contributed by atoms with van der Waals surface area (Å²) in [4.78, 5) is 11.2. The average Bonchev–Trinajstić information content (AvgIpc) is 2.38. The van der Waals surface area contributed by atoms with Gasteiger partial charge < -0.3 is 9.84 Å². The number of aromatic carboxylic acids is 1. The van der Waals surface area contributed by atoms with Crippen LogP contribution in [0.4, 0.5) is 0 Å². The first-order chi connectivity index (χ1) is 9.47. The first-order valence-electron chi connectivity index (χ1n) is 5.57. The molecule has 0 fully saturated rings. The summed E-state index contributed by atoms with van der Waals surface area (Å²) in [6.07, 6.45) is 0. The highest BCUT2D eigenvalue weighted by atomic mass is 79.9. The maximum Gasteiger partial charge on any atom is 0.339 e. The predicted octanol–water partition coefficient (Wildman–Crippen LogP) is 5.03. The molecule has 0 bridgehead atoms. The standard InChI is InChI=1S/C14H9BrCl2O3/c15-9-3-1-8(2-4-9)7-20-13-11(14(18)19)5-10(16)6-12(13)17/h1-6H,7H2,(H,18,19). The van der Waals surface area contributed by atoms with Crippen molar-refractivity contribution in [1.29, 1.82) is 0 Å². The van der Waals surface area contributed by atoms with Crippen LogP contribution in [0.15, 0.2) is 40.9 Å². The smallest absolute Gasteiger partial charge is 0.339 e. The Hall–Kier alpha value is -1.23. The zero-order chi connectivity index (χ0) is 14.7. The number of carboxylic acids is 1. The number of halogens is 3. The Morgan fingerprint density at radius 1 is 1.20 bits per heavy atom. The second-order valence-electron chi connectivity index (χ2n) is 3.98. The van der Waals surface area contributed by atoms with Crippen LogP contribution in [0.2, 0.25) is 10.0 Å². The summed E-state index contributed by atoms with van der Waals surface area (Å²) in [5.41, 5.74) is 0.843. The number of carbonyl (C=O) groups is 1. The third-order valence-corrected chi connectivity index (χ3v) is 3.56. The molecule has 0 spiro atoms. The Morgan fingerprint density at radius 3 is 2.45 bits per heavy atom. The monoisotopic (exact) mass is 374 g/mol. The predicted molar refractivity (Wildman–Crippen MR) is 81.9 cm³/mol. The van der Waals surface area contributed by atoms with E-state index >= 15 is 0 Å². The molecule has 0 aliphatic carbocycles. The van der Waals surface area contributed by atoms with Crippen LogP contribution in [-0.4, -0.2) is 11.1 Å². The maximum absolute atomic E-state index is 11.2. The zero-order valence-electron chi connectivity index (χ0n) is 10.1. The van der Waals surface area contributed by atoms with Crippen LogP contribution in [-0.2, 0) is 6.61 Å². The van der Waals surface area contributed by atoms with Gasteiger partial charge in [-0.2, -0.15) is 0 Å². The lowest BCUT2D eigenvalue weighted by atomic mass is 10.2. The molecule has 2 aromatic carbocycles. The molecule has 2 aromatic rings. The van der Waals surface area contributed by atoms with E-state index in [0.717, 1.165) is 10.0 Å². The van der Waals surface area contributed by atoms with E-state index in [9.17, 15) is 4.79 Å². The minimum Gasteiger partial charge on any atom is -0.486 e. The minimum atomic E-state index is -1.14. The number of carboxylic acid groups (broad SMARTS) is 1. The maximum atomic E-state index is 11.2. The average molecular weight is 376 g/mol. The summed E-state index contributed by atoms with van der Waals surface area (Å²) in [6, 6.07) is 10.3. The topological polar surface area (TPSA) is 46.5 Å². The molecule has 0 aromatic heterocycles. The van der Waals surface area contributed by atoms with Crippen LogP contribution in [0.3, 0.4) is 0 Å². The molecule has 0 radical (unpaired) electrons. The highest BCUT2D eigenvalue weighted by Crippen LogP contribution is 2.33. The lowest BCUT2D eigenvalue weighted by Gasteiger charge is -2.11. The van der Waals surface area contributed by atoms with Gasteiger partial charge in [0.05, 0.1) is 5.02 Å². The van der Waals surface area contributed by atoms with Gasteiger partial charge in [-0.1, -0.05) is 51.3 Å². The third-order valence-electron chi connectivity index (χ3n) is 2.54. The molecular weight excluding hydrogens is 367 g/mol. The quantitative estimate of drug-likeness (QED) is 0.814. The van der Waals surface area contributed by atoms with Gasteiger partial charge in [0.2, 0.25) is 0 Å². The number of hydrogen-bond donors (Lipinski definition) is 1. The van der Waals surface area contributed by atoms with E-state index in [2.05, 4.69) is 15.9 Å². The summed E-state index contributed by atoms with van der Waals surface area (Å²) in [5.74, 6) is -1.02. The Labute approximate surface area is 134 Å². The summed E-state index contributed by atoms with van der Waals surface area (Å²) in [5, 5.41) is 9.57. The molecule has 0 saturated carbocycles. The molecule has 3 nitrogen and oxygen atoms in total. The molecule has 0 unspecified atom stereocenters. The van der Waals surface area contributed by atoms with Crippen LogP contribution < -0.4 is 4.74 Å². The number of ether oxygens (including phenoxy) is 1. The highest BCUT2D eigenvalue weighted by Gasteiger charge is 2.16. The molecule has 20 heavy (non-hydrogen) atoms. The summed E-state index contributed by atoms with van der Waals surface area (Å²) >= 11 is 15.1. The fourth-order valence-corrected chi connectivity index (χ4v) is 2.41. The first kappa shape index (κ1) is 15.2. The molecule has 0 atom stereocenters. The first-order valence-corrected chi connectivity index (χ1v) is 7.12. The zero-order valence-corrected chi connectivity index (χ0v) is 13.2. The molecule has 0 aliphatic heterocycles. The van der Waals surface area contributed by atoms with Gasteiger partial charge in [0.25, 0.3) is 0 Å². The van der Waals surface area contributed by atoms with Gasteiger partial charge in [-0.3, -0.25) is 0 Å². The van der Waals surface area contributed by atoms with E-state index < -0.39 is 5.97 Å². The van der Waals surface area contributed by atoms with Gasteiger partial charge >= 0.3 is 5.97 Å². The molecule has 0 amide bonds. The van der Waals surface area contributed by atoms with Crippen LogP contribution in [0.25, 0.3) is 0 Å². The Kier molecular flexibility index (Phi) is 4.91. The van der Waals surface area contributed by atoms with Crippen molar-refractivity contribution in [2.75, 3.05) is 0 Å². The number of benzene rings is 2. The van der Waals surface area contributed by atoms with E-state index in [4.69, 9.17) is 33.0 Å². The molecule has 0 saturated heterocycles. The molecule has 1 N–H and O–H groups in total. The van der Waals surface area contributed by atoms with Gasteiger partial charge in [-0.15, -0.1) is 0 Å². The molecule has 6 heteroatoms. The SMILES string of the molecule is O=C(O)c1cc(Cl)cc(Cl)c1OCc1ccc(Br)cc1. The largest absolute Gasteiger partial charge is 0.486 e. The van der Waals surface area contributed by atoms with Gasteiger partial charge in [-0.25, -0.2) is 4.79 Å². The Balaban J connectivity index is 2.24. The van der Waals surface area contributed by atoms with E-state index in [0.29, 0.717) is 0 Å². The lowest BCUT2D eigenvalue weighted by molar-refractivity contribution is 0.0691. The Bertz CT molecular complexity index is 642. The van der Waals surface area contributed by atoms with Crippen molar-refractivity contribution >= 4 is 45.1 Å². The van der Waals surface area contributed by atoms with Crippen molar-refractivity contribution in [1.82, 2.24) is 0 Å². The van der Waals surface area contributed by atoms with Crippen LogP contribution in [0.1, 0.15) is 15.9 Å². The van der Waals surface area contributed by atoms with Gasteiger partial charge in [-0.05, 0) is 29.8 Å². The van der Waals surface area contributed by atoms with Crippen molar-refractivity contribution in [2.24, 2.45) is 0 Å². The van der Waals surface area contributed by atoms with E-state index in [1.807, 2.05) is 24.3 Å². The van der Waals surface area contributed by atoms with Crippen LogP contribution in [0.5, 0.6) is 5.75 Å². The van der Waals surface area contributed by atoms with Crippen LogP contribution >= 0.6 is 39.1 Å². The fraction of sp³-hybridized carbons (Fsp3) is 0.0714. The summed E-state index contributed by atoms with van der Waals surface area (Å²) in [7, 11) is 0. The van der Waals surface area contributed by atoms with Crippen molar-refractivity contribution in [2.45, 2.75) is 6.61 Å². The second kappa shape index (κ2) is 6.48. The van der Waals surface area contributed by atoms with Crippen molar-refractivity contribution < 1.29 is 14.6 Å². The normalized spacial score (nSPS) is 10.3. The highest BCUT2D eigenvalue weighted by molar-refractivity contribution is 9.10. The van der Waals surface area contributed by atoms with Crippen LogP contribution in [0, 0.1) is 0 Å². The van der Waals surface area contributed by atoms with Crippen molar-refractivity contribution in [3.63, 3.8) is 0 Å². The van der Waals surface area contributed by atoms with E-state index in [1.165, 1.54) is 12.1 Å². The molecule has 104 valence electrons. The summed E-state index contributed by atoms with van der Waals surface area (Å²) < 4.78 is 6.48. The van der Waals surface area contributed by atoms with Gasteiger partial charge in [0.15, 0.2) is 5.75 Å². The molecule has 0 heterocycles. The Morgan fingerprint density at radius 2 is 1.85 bits per heavy atom. The van der Waals surface area contributed by atoms with Gasteiger partial charge in [0, 0.05) is 9.50 Å². The fourth-order valence-electron chi connectivity index (χ4n) is 1.60. The summed E-state index contributed by atoms with van der Waals surface area (Å²) in [6.45, 7) is 0.217. The lowest BCUT2D eigenvalue weighted by Crippen LogP contribution is -2.04. The van der Waals surface area contributed by atoms with E-state index in [-0.39, 0.29) is 28.0 Å². The molecular formula is C14H9BrCl2O3. The number of hydrogen-bond acceptors (Lipinski definition) is 2. The van der Waals surface area contributed by atoms with Crippen molar-refractivity contribution in [3.05, 3.63) is 62.0 Å². The van der Waals surface area contributed by atoms with E-state index in [1.54, 1.807) is 0 Å². The second-order valence-corrected chi connectivity index (χ2v) is 5.74. The van der Waals surface area contributed by atoms with Crippen molar-refractivity contribution in [3.8, 4) is 5.75 Å². The van der Waals surface area contributed by atoms with Gasteiger partial charge in [0.1, 0.15) is 12.2 Å². The third kappa shape index (κ3) is 3.66. The molecule has 0 aliphatic rings. The molecule has 2 rings (SSSR count).